The van der Waals surface area contributed by atoms with Gasteiger partial charge in [-0.25, -0.2) is 4.98 Å². The predicted octanol–water partition coefficient (Wildman–Crippen LogP) is 4.04. The molecule has 0 amide bonds. The zero-order chi connectivity index (χ0) is 16.6. The smallest absolute Gasteiger partial charge is 0.308 e. The molecule has 0 radical (unpaired) electrons. The van der Waals surface area contributed by atoms with Gasteiger partial charge < -0.3 is 9.72 Å². The number of rotatable bonds is 2. The Labute approximate surface area is 148 Å². The lowest BCUT2D eigenvalue weighted by atomic mass is 10.2. The van der Waals surface area contributed by atoms with Crippen LogP contribution in [0.2, 0.25) is 0 Å². The summed E-state index contributed by atoms with van der Waals surface area (Å²) in [7, 11) is 0. The number of fused-ring (bicyclic) bond motifs is 1. The summed E-state index contributed by atoms with van der Waals surface area (Å²) in [6.45, 7) is 1.33. The molecule has 5 nitrogen and oxygen atoms in total. The van der Waals surface area contributed by atoms with E-state index >= 15 is 0 Å². The molecule has 0 aliphatic heterocycles. The third kappa shape index (κ3) is 3.20. The van der Waals surface area contributed by atoms with Crippen LogP contribution < -0.4 is 10.3 Å². The lowest BCUT2D eigenvalue weighted by Crippen LogP contribution is -2.09. The molecule has 2 aromatic carbocycles. The van der Waals surface area contributed by atoms with Gasteiger partial charge in [-0.2, -0.15) is 0 Å². The van der Waals surface area contributed by atoms with Gasteiger partial charge >= 0.3 is 5.97 Å². The average molecular weight is 438 g/mol. The number of hydrogen-bond donors (Lipinski definition) is 1. The third-order valence-electron chi connectivity index (χ3n) is 3.13. The topological polar surface area (TPSA) is 72.0 Å². The first-order valence-electron chi connectivity index (χ1n) is 6.62. The molecule has 0 aliphatic rings. The van der Waals surface area contributed by atoms with E-state index in [2.05, 4.69) is 41.8 Å². The van der Waals surface area contributed by atoms with Crippen molar-refractivity contribution < 1.29 is 9.53 Å². The van der Waals surface area contributed by atoms with Gasteiger partial charge in [-0.1, -0.05) is 12.1 Å². The van der Waals surface area contributed by atoms with Crippen LogP contribution in [0.25, 0.3) is 22.3 Å². The van der Waals surface area contributed by atoms with Crippen molar-refractivity contribution >= 4 is 48.7 Å². The minimum absolute atomic E-state index is 0.207. The molecule has 116 valence electrons. The molecule has 1 heterocycles. The number of carbonyl (C=O) groups is 1. The van der Waals surface area contributed by atoms with E-state index in [9.17, 15) is 9.59 Å². The monoisotopic (exact) mass is 436 g/mol. The quantitative estimate of drug-likeness (QED) is 0.485. The van der Waals surface area contributed by atoms with E-state index in [1.165, 1.54) is 6.92 Å². The number of halogens is 2. The van der Waals surface area contributed by atoms with Gasteiger partial charge in [0.25, 0.3) is 5.56 Å². The number of carbonyl (C=O) groups excluding carboxylic acids is 1. The number of nitrogens with one attached hydrogen (secondary N) is 1. The molecule has 1 aromatic heterocycles. The molecule has 0 atom stereocenters. The van der Waals surface area contributed by atoms with Gasteiger partial charge in [0, 0.05) is 12.5 Å². The Bertz CT molecular complexity index is 959. The maximum atomic E-state index is 12.2. The summed E-state index contributed by atoms with van der Waals surface area (Å²) in [5.41, 5.74) is 1.09. The van der Waals surface area contributed by atoms with Crippen LogP contribution in [0.3, 0.4) is 0 Å². The number of esters is 1. The zero-order valence-corrected chi connectivity index (χ0v) is 15.1. The Balaban J connectivity index is 2.16. The maximum Gasteiger partial charge on any atom is 0.308 e. The van der Waals surface area contributed by atoms with Crippen LogP contribution in [0.1, 0.15) is 6.92 Å². The summed E-state index contributed by atoms with van der Waals surface area (Å²) in [6, 6.07) is 10.6. The van der Waals surface area contributed by atoms with Crippen molar-refractivity contribution in [2.75, 3.05) is 0 Å². The highest BCUT2D eigenvalue weighted by atomic mass is 79.9. The lowest BCUT2D eigenvalue weighted by Gasteiger charge is -2.10. The van der Waals surface area contributed by atoms with Crippen LogP contribution in [-0.2, 0) is 4.79 Å². The standard InChI is InChI=1S/C16H10Br2N2O3/c1-8(21)23-14-11(17)6-9(7-12(14)18)15-19-13-5-3-2-4-10(13)16(22)20-15/h2-7H,1H3,(H,19,20,22). The van der Waals surface area contributed by atoms with Gasteiger partial charge in [0.1, 0.15) is 5.82 Å². The highest BCUT2D eigenvalue weighted by Gasteiger charge is 2.14. The SMILES string of the molecule is CC(=O)Oc1c(Br)cc(-c2nc3ccccc3c(=O)[nH]2)cc1Br. The molecular weight excluding hydrogens is 428 g/mol. The first kappa shape index (κ1) is 15.9. The van der Waals surface area contributed by atoms with E-state index in [1.807, 2.05) is 6.07 Å². The maximum absolute atomic E-state index is 12.2. The van der Waals surface area contributed by atoms with Crippen LogP contribution in [0, 0.1) is 0 Å². The van der Waals surface area contributed by atoms with Crippen molar-refractivity contribution in [3.05, 3.63) is 55.7 Å². The number of H-pyrrole nitrogens is 1. The summed E-state index contributed by atoms with van der Waals surface area (Å²) in [6.07, 6.45) is 0. The molecule has 1 N–H and O–H groups in total. The van der Waals surface area contributed by atoms with E-state index in [0.29, 0.717) is 37.0 Å². The third-order valence-corrected chi connectivity index (χ3v) is 4.31. The second kappa shape index (κ2) is 6.25. The van der Waals surface area contributed by atoms with E-state index in [4.69, 9.17) is 4.74 Å². The van der Waals surface area contributed by atoms with Crippen LogP contribution in [0.15, 0.2) is 50.1 Å². The number of aromatic nitrogens is 2. The van der Waals surface area contributed by atoms with Crippen LogP contribution in [0.5, 0.6) is 5.75 Å². The minimum atomic E-state index is -0.420. The number of nitrogens with zero attached hydrogens (tertiary/aromatic N) is 1. The van der Waals surface area contributed by atoms with Crippen molar-refractivity contribution in [3.63, 3.8) is 0 Å². The van der Waals surface area contributed by atoms with E-state index in [0.717, 1.165) is 0 Å². The minimum Gasteiger partial charge on any atom is -0.424 e. The highest BCUT2D eigenvalue weighted by molar-refractivity contribution is 9.11. The normalized spacial score (nSPS) is 10.7. The fourth-order valence-electron chi connectivity index (χ4n) is 2.16. The Kier molecular flexibility index (Phi) is 4.32. The zero-order valence-electron chi connectivity index (χ0n) is 11.9. The number of para-hydroxylation sites is 1. The fourth-order valence-corrected chi connectivity index (χ4v) is 3.51. The Morgan fingerprint density at radius 3 is 2.48 bits per heavy atom. The van der Waals surface area contributed by atoms with Gasteiger partial charge in [-0.15, -0.1) is 0 Å². The molecule has 0 bridgehead atoms. The summed E-state index contributed by atoms with van der Waals surface area (Å²) >= 11 is 6.73. The molecular formula is C16H10Br2N2O3. The number of aromatic amines is 1. The Hall–Kier alpha value is -1.99. The summed E-state index contributed by atoms with van der Waals surface area (Å²) in [5.74, 6) is 0.394. The number of benzene rings is 2. The molecule has 0 aliphatic carbocycles. The summed E-state index contributed by atoms with van der Waals surface area (Å²) in [5, 5.41) is 0.533. The van der Waals surface area contributed by atoms with Crippen LogP contribution in [0.4, 0.5) is 0 Å². The highest BCUT2D eigenvalue weighted by Crippen LogP contribution is 2.37. The predicted molar refractivity (Wildman–Crippen MR) is 94.5 cm³/mol. The van der Waals surface area contributed by atoms with E-state index in [-0.39, 0.29) is 5.56 Å². The van der Waals surface area contributed by atoms with E-state index < -0.39 is 5.97 Å². The number of hydrogen-bond acceptors (Lipinski definition) is 4. The summed E-state index contributed by atoms with van der Waals surface area (Å²) in [4.78, 5) is 30.5. The summed E-state index contributed by atoms with van der Waals surface area (Å²) < 4.78 is 6.29. The first-order valence-corrected chi connectivity index (χ1v) is 8.21. The van der Waals surface area contributed by atoms with Crippen molar-refractivity contribution in [3.8, 4) is 17.1 Å². The molecule has 0 fully saturated rings. The molecule has 7 heteroatoms. The second-order valence-corrected chi connectivity index (χ2v) is 6.50. The van der Waals surface area contributed by atoms with Crippen molar-refractivity contribution in [1.29, 1.82) is 0 Å². The van der Waals surface area contributed by atoms with Gasteiger partial charge in [-0.3, -0.25) is 9.59 Å². The van der Waals surface area contributed by atoms with Gasteiger partial charge in [0.15, 0.2) is 5.75 Å². The van der Waals surface area contributed by atoms with Crippen LogP contribution in [-0.4, -0.2) is 15.9 Å². The molecule has 0 spiro atoms. The van der Waals surface area contributed by atoms with Gasteiger partial charge in [0.05, 0.1) is 19.8 Å². The van der Waals surface area contributed by atoms with Crippen LogP contribution >= 0.6 is 31.9 Å². The van der Waals surface area contributed by atoms with Gasteiger partial charge in [-0.05, 0) is 56.1 Å². The molecule has 0 saturated heterocycles. The Morgan fingerprint density at radius 2 is 1.83 bits per heavy atom. The molecule has 0 saturated carbocycles. The second-order valence-electron chi connectivity index (χ2n) is 4.79. The molecule has 0 unspecified atom stereocenters. The Morgan fingerprint density at radius 1 is 1.17 bits per heavy atom. The molecule has 23 heavy (non-hydrogen) atoms. The fraction of sp³-hybridized carbons (Fsp3) is 0.0625. The number of ether oxygens (including phenoxy) is 1. The van der Waals surface area contributed by atoms with Crippen molar-refractivity contribution in [2.45, 2.75) is 6.92 Å². The molecule has 3 rings (SSSR count). The van der Waals surface area contributed by atoms with E-state index in [1.54, 1.807) is 30.3 Å². The largest absolute Gasteiger partial charge is 0.424 e. The van der Waals surface area contributed by atoms with Crippen molar-refractivity contribution in [2.24, 2.45) is 0 Å². The van der Waals surface area contributed by atoms with Gasteiger partial charge in [0.2, 0.25) is 0 Å². The molecule has 3 aromatic rings. The first-order chi connectivity index (χ1) is 11.0. The average Bonchev–Trinajstić information content (AvgIpc) is 2.50. The lowest BCUT2D eigenvalue weighted by molar-refractivity contribution is -0.131. The van der Waals surface area contributed by atoms with Crippen molar-refractivity contribution in [1.82, 2.24) is 9.97 Å².